The number of nitrogens with zero attached hydrogens (tertiary/aromatic N) is 3. The number of hydrogen-bond acceptors (Lipinski definition) is 0. The molecular formula is C12H24N3+. The van der Waals surface area contributed by atoms with Gasteiger partial charge in [0.2, 0.25) is 0 Å². The van der Waals surface area contributed by atoms with E-state index in [0.717, 1.165) is 0 Å². The van der Waals surface area contributed by atoms with E-state index in [-0.39, 0.29) is 5.54 Å². The molecule has 0 aliphatic carbocycles. The Morgan fingerprint density at radius 2 is 1.73 bits per heavy atom. The van der Waals surface area contributed by atoms with E-state index in [1.165, 1.54) is 45.0 Å². The average Bonchev–Trinajstić information content (AvgIpc) is 1.93. The zero-order valence-electron chi connectivity index (χ0n) is 10.6. The van der Waals surface area contributed by atoms with Gasteiger partial charge >= 0.3 is 5.96 Å². The molecule has 3 heteroatoms. The van der Waals surface area contributed by atoms with E-state index in [1.807, 2.05) is 0 Å². The molecule has 0 N–H and O–H groups in total. The summed E-state index contributed by atoms with van der Waals surface area (Å²) in [5, 5.41) is 0. The highest BCUT2D eigenvalue weighted by Crippen LogP contribution is 2.18. The van der Waals surface area contributed by atoms with Crippen molar-refractivity contribution >= 4 is 5.96 Å². The zero-order chi connectivity index (χ0) is 11.1. The molecule has 15 heavy (non-hydrogen) atoms. The van der Waals surface area contributed by atoms with E-state index in [2.05, 4.69) is 42.2 Å². The van der Waals surface area contributed by atoms with E-state index >= 15 is 0 Å². The van der Waals surface area contributed by atoms with Gasteiger partial charge < -0.3 is 0 Å². The fourth-order valence-corrected chi connectivity index (χ4v) is 1.96. The first-order valence-electron chi connectivity index (χ1n) is 6.11. The predicted octanol–water partition coefficient (Wildman–Crippen LogP) is 1.19. The molecule has 0 bridgehead atoms. The summed E-state index contributed by atoms with van der Waals surface area (Å²) in [5.74, 6) is 1.46. The van der Waals surface area contributed by atoms with Gasteiger partial charge in [0.1, 0.15) is 0 Å². The van der Waals surface area contributed by atoms with Crippen LogP contribution in [0.25, 0.3) is 0 Å². The van der Waals surface area contributed by atoms with E-state index in [9.17, 15) is 0 Å². The lowest BCUT2D eigenvalue weighted by Gasteiger charge is -2.40. The second-order valence-electron chi connectivity index (χ2n) is 5.71. The van der Waals surface area contributed by atoms with Gasteiger partial charge in [0, 0.05) is 12.8 Å². The maximum atomic E-state index is 2.52. The Hall–Kier alpha value is -0.730. The lowest BCUT2D eigenvalue weighted by molar-refractivity contribution is -0.592. The third kappa shape index (κ3) is 1.97. The smallest absolute Gasteiger partial charge is 0.265 e. The molecule has 0 aromatic rings. The molecule has 0 spiro atoms. The van der Waals surface area contributed by atoms with Gasteiger partial charge in [-0.15, -0.1) is 0 Å². The lowest BCUT2D eigenvalue weighted by Crippen LogP contribution is -2.60. The van der Waals surface area contributed by atoms with Crippen molar-refractivity contribution in [1.29, 1.82) is 0 Å². The van der Waals surface area contributed by atoms with E-state index in [0.29, 0.717) is 0 Å². The summed E-state index contributed by atoms with van der Waals surface area (Å²) >= 11 is 0. The van der Waals surface area contributed by atoms with E-state index in [4.69, 9.17) is 0 Å². The molecule has 2 aliphatic heterocycles. The highest BCUT2D eigenvalue weighted by molar-refractivity contribution is 5.76. The summed E-state index contributed by atoms with van der Waals surface area (Å²) in [7, 11) is 2.23. The highest BCUT2D eigenvalue weighted by Gasteiger charge is 2.38. The maximum absolute atomic E-state index is 2.52. The summed E-state index contributed by atoms with van der Waals surface area (Å²) < 4.78 is 2.52. The van der Waals surface area contributed by atoms with Crippen LogP contribution in [0, 0.1) is 0 Å². The number of hydrogen-bond donors (Lipinski definition) is 0. The standard InChI is InChI=1S/C12H24N3/c1-12(2,3)13(4)11(14-7-5-8-14)15-9-6-10-15/h5-10H2,1-4H3/q+1. The monoisotopic (exact) mass is 210 g/mol. The van der Waals surface area contributed by atoms with Crippen molar-refractivity contribution in [2.75, 3.05) is 33.2 Å². The molecule has 0 atom stereocenters. The molecule has 0 aromatic carbocycles. The molecule has 2 heterocycles. The first kappa shape index (κ1) is 10.8. The molecule has 0 radical (unpaired) electrons. The Kier molecular flexibility index (Phi) is 2.65. The third-order valence-electron chi connectivity index (χ3n) is 3.58. The summed E-state index contributed by atoms with van der Waals surface area (Å²) in [6.45, 7) is 11.8. The highest BCUT2D eigenvalue weighted by atomic mass is 15.4. The van der Waals surface area contributed by atoms with Gasteiger partial charge in [-0.1, -0.05) is 0 Å². The molecule has 2 rings (SSSR count). The molecule has 86 valence electrons. The zero-order valence-corrected chi connectivity index (χ0v) is 10.6. The van der Waals surface area contributed by atoms with E-state index < -0.39 is 0 Å². The maximum Gasteiger partial charge on any atom is 0.350 e. The number of likely N-dealkylation sites (tertiary alicyclic amines) is 1. The summed E-state index contributed by atoms with van der Waals surface area (Å²) in [4.78, 5) is 4.95. The topological polar surface area (TPSA) is 9.49 Å². The van der Waals surface area contributed by atoms with Gasteiger partial charge in [-0.25, -0.2) is 0 Å². The van der Waals surface area contributed by atoms with Crippen LogP contribution in [0.15, 0.2) is 0 Å². The molecule has 0 aromatic heterocycles. The van der Waals surface area contributed by atoms with Crippen LogP contribution in [-0.4, -0.2) is 59.1 Å². The van der Waals surface area contributed by atoms with Crippen molar-refractivity contribution < 1.29 is 4.58 Å². The lowest BCUT2D eigenvalue weighted by atomic mass is 10.1. The second-order valence-corrected chi connectivity index (χ2v) is 5.71. The molecule has 0 saturated carbocycles. The fourth-order valence-electron chi connectivity index (χ4n) is 1.96. The molecule has 3 nitrogen and oxygen atoms in total. The summed E-state index contributed by atoms with van der Waals surface area (Å²) in [6, 6.07) is 0. The first-order valence-corrected chi connectivity index (χ1v) is 6.11. The van der Waals surface area contributed by atoms with Gasteiger partial charge in [-0.3, -0.25) is 14.4 Å². The summed E-state index contributed by atoms with van der Waals surface area (Å²) in [6.07, 6.45) is 2.71. The predicted molar refractivity (Wildman–Crippen MR) is 63.3 cm³/mol. The van der Waals surface area contributed by atoms with Crippen LogP contribution >= 0.6 is 0 Å². The van der Waals surface area contributed by atoms with Crippen LogP contribution in [0.3, 0.4) is 0 Å². The van der Waals surface area contributed by atoms with Crippen molar-refractivity contribution in [2.24, 2.45) is 0 Å². The molecule has 0 unspecified atom stereocenters. The van der Waals surface area contributed by atoms with Gasteiger partial charge in [0.15, 0.2) is 0 Å². The van der Waals surface area contributed by atoms with Gasteiger partial charge in [-0.2, -0.15) is 0 Å². The van der Waals surface area contributed by atoms with Crippen molar-refractivity contribution in [3.05, 3.63) is 0 Å². The fraction of sp³-hybridized carbons (Fsp3) is 0.917. The van der Waals surface area contributed by atoms with Crippen molar-refractivity contribution in [3.8, 4) is 0 Å². The van der Waals surface area contributed by atoms with Gasteiger partial charge in [-0.05, 0) is 20.8 Å². The molecule has 0 amide bonds. The van der Waals surface area contributed by atoms with Crippen LogP contribution < -0.4 is 0 Å². The molecule has 2 fully saturated rings. The number of guanidine groups is 1. The van der Waals surface area contributed by atoms with Crippen LogP contribution in [0.1, 0.15) is 33.6 Å². The summed E-state index contributed by atoms with van der Waals surface area (Å²) in [5.41, 5.74) is 0.223. The number of rotatable bonds is 0. The Balaban J connectivity index is 2.18. The average molecular weight is 210 g/mol. The molecule has 2 aliphatic rings. The Morgan fingerprint density at radius 3 is 2.00 bits per heavy atom. The van der Waals surface area contributed by atoms with Crippen molar-refractivity contribution in [2.45, 2.75) is 39.2 Å². The first-order chi connectivity index (χ1) is 7.00. The normalized spacial score (nSPS) is 20.8. The van der Waals surface area contributed by atoms with Crippen LogP contribution in [0.5, 0.6) is 0 Å². The minimum atomic E-state index is 0.223. The minimum absolute atomic E-state index is 0.223. The van der Waals surface area contributed by atoms with E-state index in [1.54, 1.807) is 0 Å². The van der Waals surface area contributed by atoms with Gasteiger partial charge in [0.05, 0.1) is 38.8 Å². The Bertz CT molecular complexity index is 265. The van der Waals surface area contributed by atoms with Crippen molar-refractivity contribution in [1.82, 2.24) is 9.80 Å². The quantitative estimate of drug-likeness (QED) is 0.439. The van der Waals surface area contributed by atoms with Crippen LogP contribution in [0.4, 0.5) is 0 Å². The van der Waals surface area contributed by atoms with Crippen LogP contribution in [0.2, 0.25) is 0 Å². The molecular weight excluding hydrogens is 186 g/mol. The third-order valence-corrected chi connectivity index (χ3v) is 3.58. The van der Waals surface area contributed by atoms with Crippen LogP contribution in [-0.2, 0) is 0 Å². The Labute approximate surface area is 93.4 Å². The van der Waals surface area contributed by atoms with Crippen molar-refractivity contribution in [3.63, 3.8) is 0 Å². The molecule has 2 saturated heterocycles. The SMILES string of the molecule is CN(C(N1CCC1)=[N+]1CCC1)C(C)(C)C. The largest absolute Gasteiger partial charge is 0.350 e. The Morgan fingerprint density at radius 1 is 1.13 bits per heavy atom. The van der Waals surface area contributed by atoms with Gasteiger partial charge in [0.25, 0.3) is 0 Å². The second kappa shape index (κ2) is 3.69. The minimum Gasteiger partial charge on any atom is -0.265 e.